The summed E-state index contributed by atoms with van der Waals surface area (Å²) in [6.45, 7) is -0.0375. The fourth-order valence-electron chi connectivity index (χ4n) is 2.41. The minimum Gasteiger partial charge on any atom is -0.452 e. The first-order valence-corrected chi connectivity index (χ1v) is 7.67. The Morgan fingerprint density at radius 3 is 2.60 bits per heavy atom. The second kappa shape index (κ2) is 6.52. The Morgan fingerprint density at radius 1 is 0.960 bits per heavy atom. The summed E-state index contributed by atoms with van der Waals surface area (Å²) in [5, 5.41) is 0. The summed E-state index contributed by atoms with van der Waals surface area (Å²) in [6.07, 6.45) is 4.80. The molecule has 2 aromatic carbocycles. The van der Waals surface area contributed by atoms with Crippen molar-refractivity contribution in [3.8, 4) is 11.3 Å². The zero-order valence-electron chi connectivity index (χ0n) is 13.1. The van der Waals surface area contributed by atoms with Gasteiger partial charge in [-0.3, -0.25) is 9.97 Å². The number of fused-ring (bicyclic) bond motifs is 1. The van der Waals surface area contributed by atoms with E-state index in [1.165, 1.54) is 0 Å². The Labute approximate surface area is 143 Å². The molecule has 6 heteroatoms. The van der Waals surface area contributed by atoms with Gasteiger partial charge in [-0.1, -0.05) is 30.3 Å². The van der Waals surface area contributed by atoms with Crippen LogP contribution in [0.1, 0.15) is 16.2 Å². The Kier molecular flexibility index (Phi) is 3.92. The number of oxazole rings is 1. The molecule has 0 fully saturated rings. The summed E-state index contributed by atoms with van der Waals surface area (Å²) in [5.41, 5.74) is 2.68. The molecular weight excluding hydrogens is 318 g/mol. The smallest absolute Gasteiger partial charge is 0.338 e. The Balaban J connectivity index is 1.45. The second-order valence-electron chi connectivity index (χ2n) is 5.32. The van der Waals surface area contributed by atoms with E-state index < -0.39 is 5.97 Å². The molecule has 0 saturated heterocycles. The lowest BCUT2D eigenvalue weighted by molar-refractivity contribution is 0.0439. The van der Waals surface area contributed by atoms with E-state index >= 15 is 0 Å². The van der Waals surface area contributed by atoms with E-state index in [0.29, 0.717) is 22.7 Å². The summed E-state index contributed by atoms with van der Waals surface area (Å²) in [4.78, 5) is 24.7. The molecule has 2 heterocycles. The van der Waals surface area contributed by atoms with Gasteiger partial charge in [-0.05, 0) is 18.2 Å². The largest absolute Gasteiger partial charge is 0.452 e. The van der Waals surface area contributed by atoms with E-state index in [2.05, 4.69) is 15.0 Å². The maximum atomic E-state index is 12.2. The van der Waals surface area contributed by atoms with E-state index in [-0.39, 0.29) is 6.61 Å². The lowest BCUT2D eigenvalue weighted by Crippen LogP contribution is -2.05. The molecule has 4 aromatic rings. The highest BCUT2D eigenvalue weighted by molar-refractivity contribution is 5.93. The van der Waals surface area contributed by atoms with Gasteiger partial charge in [0.2, 0.25) is 5.89 Å². The molecule has 0 unspecified atom stereocenters. The number of carbonyl (C=O) groups is 1. The van der Waals surface area contributed by atoms with Crippen LogP contribution in [0.4, 0.5) is 0 Å². The first kappa shape index (κ1) is 15.0. The third-order valence-corrected chi connectivity index (χ3v) is 3.64. The number of hydrogen-bond donors (Lipinski definition) is 0. The lowest BCUT2D eigenvalue weighted by Gasteiger charge is -2.03. The molecular formula is C19H13N3O3. The van der Waals surface area contributed by atoms with Gasteiger partial charge in [0, 0.05) is 18.0 Å². The summed E-state index contributed by atoms with van der Waals surface area (Å²) in [5.74, 6) is 0.507. The average Bonchev–Trinajstić information content (AvgIpc) is 3.15. The van der Waals surface area contributed by atoms with Crippen molar-refractivity contribution in [1.29, 1.82) is 0 Å². The Bertz CT molecular complexity index is 1030. The number of nitrogens with zero attached hydrogens (tertiary/aromatic N) is 3. The SMILES string of the molecule is O=C(OCc1ncc(-c2ccccc2)o1)c1ccc2nccnc2c1. The average molecular weight is 331 g/mol. The highest BCUT2D eigenvalue weighted by Gasteiger charge is 2.12. The number of esters is 1. The Hall–Kier alpha value is -3.54. The van der Waals surface area contributed by atoms with Crippen LogP contribution in [0.2, 0.25) is 0 Å². The molecule has 0 spiro atoms. The molecule has 0 aliphatic heterocycles. The summed E-state index contributed by atoms with van der Waals surface area (Å²) in [6, 6.07) is 14.6. The van der Waals surface area contributed by atoms with Crippen LogP contribution in [0.15, 0.2) is 71.5 Å². The van der Waals surface area contributed by atoms with Crippen LogP contribution in [0.3, 0.4) is 0 Å². The molecule has 6 nitrogen and oxygen atoms in total. The van der Waals surface area contributed by atoms with Gasteiger partial charge in [-0.2, -0.15) is 0 Å². The maximum Gasteiger partial charge on any atom is 0.338 e. The van der Waals surface area contributed by atoms with Crippen molar-refractivity contribution in [1.82, 2.24) is 15.0 Å². The van der Waals surface area contributed by atoms with Gasteiger partial charge in [0.25, 0.3) is 0 Å². The van der Waals surface area contributed by atoms with Crippen LogP contribution in [-0.2, 0) is 11.3 Å². The Morgan fingerprint density at radius 2 is 1.76 bits per heavy atom. The van der Waals surface area contributed by atoms with Crippen molar-refractivity contribution >= 4 is 17.0 Å². The van der Waals surface area contributed by atoms with E-state index in [0.717, 1.165) is 11.1 Å². The van der Waals surface area contributed by atoms with Crippen LogP contribution in [0, 0.1) is 0 Å². The first-order valence-electron chi connectivity index (χ1n) is 7.67. The van der Waals surface area contributed by atoms with E-state index in [1.807, 2.05) is 30.3 Å². The third kappa shape index (κ3) is 3.23. The number of ether oxygens (including phenoxy) is 1. The molecule has 122 valence electrons. The number of rotatable bonds is 4. The highest BCUT2D eigenvalue weighted by atomic mass is 16.5. The van der Waals surface area contributed by atoms with Crippen LogP contribution in [-0.4, -0.2) is 20.9 Å². The maximum absolute atomic E-state index is 12.2. The van der Waals surface area contributed by atoms with Crippen LogP contribution in [0.5, 0.6) is 0 Å². The van der Waals surface area contributed by atoms with Crippen molar-refractivity contribution in [3.63, 3.8) is 0 Å². The molecule has 0 saturated carbocycles. The third-order valence-electron chi connectivity index (χ3n) is 3.64. The lowest BCUT2D eigenvalue weighted by atomic mass is 10.2. The molecule has 0 N–H and O–H groups in total. The van der Waals surface area contributed by atoms with Crippen LogP contribution in [0.25, 0.3) is 22.4 Å². The standard InChI is InChI=1S/C19H13N3O3/c23-19(14-6-7-15-16(10-14)21-9-8-20-15)24-12-18-22-11-17(25-18)13-4-2-1-3-5-13/h1-11H,12H2. The zero-order valence-corrected chi connectivity index (χ0v) is 13.1. The second-order valence-corrected chi connectivity index (χ2v) is 5.32. The van der Waals surface area contributed by atoms with E-state index in [9.17, 15) is 4.79 Å². The monoisotopic (exact) mass is 331 g/mol. The molecule has 0 bridgehead atoms. The molecule has 0 aliphatic rings. The van der Waals surface area contributed by atoms with Gasteiger partial charge in [0.05, 0.1) is 22.8 Å². The first-order chi connectivity index (χ1) is 12.3. The number of carbonyl (C=O) groups excluding carboxylic acids is 1. The molecule has 0 atom stereocenters. The molecule has 0 radical (unpaired) electrons. The zero-order chi connectivity index (χ0) is 17.1. The summed E-state index contributed by atoms with van der Waals surface area (Å²) >= 11 is 0. The van der Waals surface area contributed by atoms with E-state index in [4.69, 9.17) is 9.15 Å². The van der Waals surface area contributed by atoms with Gasteiger partial charge in [0.1, 0.15) is 0 Å². The quantitative estimate of drug-likeness (QED) is 0.531. The van der Waals surface area contributed by atoms with Crippen molar-refractivity contribution in [2.75, 3.05) is 0 Å². The van der Waals surface area contributed by atoms with E-state index in [1.54, 1.807) is 36.8 Å². The van der Waals surface area contributed by atoms with Gasteiger partial charge < -0.3 is 9.15 Å². The van der Waals surface area contributed by atoms with Gasteiger partial charge in [-0.25, -0.2) is 9.78 Å². The van der Waals surface area contributed by atoms with Crippen LogP contribution < -0.4 is 0 Å². The highest BCUT2D eigenvalue weighted by Crippen LogP contribution is 2.20. The van der Waals surface area contributed by atoms with Gasteiger partial charge >= 0.3 is 5.97 Å². The number of benzene rings is 2. The number of aromatic nitrogens is 3. The van der Waals surface area contributed by atoms with Gasteiger partial charge in [-0.15, -0.1) is 0 Å². The molecule has 0 aliphatic carbocycles. The fraction of sp³-hybridized carbons (Fsp3) is 0.0526. The normalized spacial score (nSPS) is 10.7. The van der Waals surface area contributed by atoms with Crippen LogP contribution >= 0.6 is 0 Å². The topological polar surface area (TPSA) is 78.1 Å². The molecule has 4 rings (SSSR count). The van der Waals surface area contributed by atoms with Crippen molar-refractivity contribution in [3.05, 3.63) is 78.6 Å². The molecule has 2 aromatic heterocycles. The summed E-state index contributed by atoms with van der Waals surface area (Å²) < 4.78 is 10.9. The minimum atomic E-state index is -0.466. The minimum absolute atomic E-state index is 0.0375. The van der Waals surface area contributed by atoms with Gasteiger partial charge in [0.15, 0.2) is 12.4 Å². The predicted octanol–water partition coefficient (Wildman–Crippen LogP) is 3.64. The summed E-state index contributed by atoms with van der Waals surface area (Å²) in [7, 11) is 0. The molecule has 25 heavy (non-hydrogen) atoms. The number of hydrogen-bond acceptors (Lipinski definition) is 6. The fourth-order valence-corrected chi connectivity index (χ4v) is 2.41. The predicted molar refractivity (Wildman–Crippen MR) is 90.6 cm³/mol. The van der Waals surface area contributed by atoms with Crippen molar-refractivity contribution in [2.45, 2.75) is 6.61 Å². The van der Waals surface area contributed by atoms with Crippen molar-refractivity contribution in [2.24, 2.45) is 0 Å². The van der Waals surface area contributed by atoms with Crippen molar-refractivity contribution < 1.29 is 13.9 Å². The molecule has 0 amide bonds.